The van der Waals surface area contributed by atoms with Crippen molar-refractivity contribution in [2.45, 2.75) is 0 Å². The van der Waals surface area contributed by atoms with Crippen LogP contribution in [0, 0.1) is 0 Å². The molecule has 0 aromatic heterocycles. The molecule has 0 atom stereocenters. The predicted molar refractivity (Wildman–Crippen MR) is 146 cm³/mol. The fraction of sp³-hybridized carbons (Fsp3) is 0.214. The number of ether oxygens (including phenoxy) is 2. The van der Waals surface area contributed by atoms with Gasteiger partial charge in [0.15, 0.2) is 0 Å². The minimum absolute atomic E-state index is 0.140. The summed E-state index contributed by atoms with van der Waals surface area (Å²) in [6, 6.07) is 21.4. The van der Waals surface area contributed by atoms with Gasteiger partial charge in [0, 0.05) is 37.3 Å². The summed E-state index contributed by atoms with van der Waals surface area (Å²) in [6.07, 6.45) is -1.48. The van der Waals surface area contributed by atoms with Crippen molar-refractivity contribution in [1.82, 2.24) is 21.3 Å². The van der Waals surface area contributed by atoms with Crippen molar-refractivity contribution < 1.29 is 38.9 Å². The lowest BCUT2D eigenvalue weighted by atomic mass is 9.98. The number of nitrogens with one attached hydrogen (secondary N) is 4. The molecule has 0 aliphatic heterocycles. The summed E-state index contributed by atoms with van der Waals surface area (Å²) in [5.41, 5.74) is 2.39. The zero-order valence-corrected chi connectivity index (χ0v) is 21.5. The molecule has 3 aromatic carbocycles. The van der Waals surface area contributed by atoms with Crippen LogP contribution >= 0.6 is 0 Å². The highest BCUT2D eigenvalue weighted by molar-refractivity contribution is 5.85. The second-order valence-electron chi connectivity index (χ2n) is 8.35. The van der Waals surface area contributed by atoms with Crippen LogP contribution in [-0.2, 0) is 9.59 Å². The normalized spacial score (nSPS) is 10.4. The Hall–Kier alpha value is -4.94. The van der Waals surface area contributed by atoms with E-state index in [1.165, 1.54) is 0 Å². The molecule has 0 aliphatic rings. The standard InChI is InChI=1S/C28H30N4O8/c33-25(34)17-29-11-13-31-27(37)39-23-16-22(20-9-5-2-6-10-20)24(15-21(23)19-7-3-1-4-8-19)40-28(38)32-14-12-30-18-26(35)36/h1-10,15-16,29-30H,11-14,17-18H2,(H,31,37)(H,32,38)(H,33,34)(H,35,36). The van der Waals surface area contributed by atoms with Crippen LogP contribution in [-0.4, -0.2) is 73.6 Å². The van der Waals surface area contributed by atoms with Gasteiger partial charge in [-0.3, -0.25) is 9.59 Å². The van der Waals surface area contributed by atoms with E-state index in [2.05, 4.69) is 21.3 Å². The number of carboxylic acids is 2. The monoisotopic (exact) mass is 550 g/mol. The third-order valence-electron chi connectivity index (χ3n) is 5.35. The van der Waals surface area contributed by atoms with E-state index in [-0.39, 0.29) is 50.8 Å². The van der Waals surface area contributed by atoms with Gasteiger partial charge in [-0.25, -0.2) is 9.59 Å². The van der Waals surface area contributed by atoms with Gasteiger partial charge in [-0.1, -0.05) is 60.7 Å². The Morgan fingerprint density at radius 2 is 0.950 bits per heavy atom. The highest BCUT2D eigenvalue weighted by atomic mass is 16.6. The zero-order valence-electron chi connectivity index (χ0n) is 21.5. The summed E-state index contributed by atoms with van der Waals surface area (Å²) in [4.78, 5) is 46.4. The first-order chi connectivity index (χ1) is 19.3. The van der Waals surface area contributed by atoms with Gasteiger partial charge in [-0.15, -0.1) is 0 Å². The van der Waals surface area contributed by atoms with Gasteiger partial charge in [0.2, 0.25) is 0 Å². The van der Waals surface area contributed by atoms with Crippen LogP contribution in [0.25, 0.3) is 22.3 Å². The first kappa shape index (κ1) is 29.6. The van der Waals surface area contributed by atoms with Crippen LogP contribution in [0.5, 0.6) is 11.5 Å². The number of amides is 2. The molecular formula is C28H30N4O8. The number of carboxylic acid groups (broad SMARTS) is 2. The van der Waals surface area contributed by atoms with Gasteiger partial charge >= 0.3 is 24.1 Å². The van der Waals surface area contributed by atoms with Crippen molar-refractivity contribution in [3.63, 3.8) is 0 Å². The van der Waals surface area contributed by atoms with E-state index in [1.807, 2.05) is 60.7 Å². The minimum Gasteiger partial charge on any atom is -0.480 e. The van der Waals surface area contributed by atoms with Crippen LogP contribution in [0.2, 0.25) is 0 Å². The Morgan fingerprint density at radius 3 is 1.30 bits per heavy atom. The van der Waals surface area contributed by atoms with Gasteiger partial charge in [0.05, 0.1) is 13.1 Å². The number of carbonyl (C=O) groups excluding carboxylic acids is 2. The largest absolute Gasteiger partial charge is 0.480 e. The molecular weight excluding hydrogens is 520 g/mol. The Kier molecular flexibility index (Phi) is 11.5. The second-order valence-corrected chi connectivity index (χ2v) is 8.35. The summed E-state index contributed by atoms with van der Waals surface area (Å²) in [7, 11) is 0. The van der Waals surface area contributed by atoms with Crippen LogP contribution in [0.15, 0.2) is 72.8 Å². The van der Waals surface area contributed by atoms with Crippen LogP contribution in [0.4, 0.5) is 9.59 Å². The fourth-order valence-corrected chi connectivity index (χ4v) is 3.58. The lowest BCUT2D eigenvalue weighted by Gasteiger charge is -2.17. The molecule has 0 fully saturated rings. The van der Waals surface area contributed by atoms with E-state index in [4.69, 9.17) is 19.7 Å². The van der Waals surface area contributed by atoms with Crippen LogP contribution in [0.1, 0.15) is 0 Å². The molecule has 0 bridgehead atoms. The average Bonchev–Trinajstić information content (AvgIpc) is 2.94. The third kappa shape index (κ3) is 9.74. The molecule has 6 N–H and O–H groups in total. The topological polar surface area (TPSA) is 175 Å². The van der Waals surface area contributed by atoms with Crippen molar-refractivity contribution in [3.8, 4) is 33.8 Å². The molecule has 0 unspecified atom stereocenters. The van der Waals surface area contributed by atoms with Crippen molar-refractivity contribution in [2.24, 2.45) is 0 Å². The van der Waals surface area contributed by atoms with Gasteiger partial charge in [0.1, 0.15) is 11.5 Å². The number of rotatable bonds is 14. The third-order valence-corrected chi connectivity index (χ3v) is 5.35. The molecule has 0 radical (unpaired) electrons. The predicted octanol–water partition coefficient (Wildman–Crippen LogP) is 2.55. The minimum atomic E-state index is -1.01. The summed E-state index contributed by atoms with van der Waals surface area (Å²) in [6.45, 7) is 0.278. The Bertz CT molecular complexity index is 1200. The maximum atomic E-state index is 12.6. The van der Waals surface area contributed by atoms with Crippen molar-refractivity contribution >= 4 is 24.1 Å². The van der Waals surface area contributed by atoms with E-state index in [0.717, 1.165) is 0 Å². The molecule has 2 amide bonds. The number of benzene rings is 3. The summed E-state index contributed by atoms with van der Waals surface area (Å²) >= 11 is 0. The molecule has 210 valence electrons. The Balaban J connectivity index is 1.86. The molecule has 3 aromatic rings. The average molecular weight is 551 g/mol. The molecule has 0 aliphatic carbocycles. The van der Waals surface area contributed by atoms with Gasteiger partial charge in [-0.2, -0.15) is 0 Å². The molecule has 0 saturated carbocycles. The van der Waals surface area contributed by atoms with E-state index < -0.39 is 24.1 Å². The molecule has 12 heteroatoms. The Labute approximate surface area is 230 Å². The van der Waals surface area contributed by atoms with E-state index in [9.17, 15) is 19.2 Å². The molecule has 3 rings (SSSR count). The number of hydrogen-bond acceptors (Lipinski definition) is 8. The highest BCUT2D eigenvalue weighted by Gasteiger charge is 2.19. The SMILES string of the molecule is O=C(O)CNCCNC(=O)Oc1cc(-c2ccccc2)c(OC(=O)NCCNCC(=O)O)cc1-c1ccccc1. The number of hydrogen-bond donors (Lipinski definition) is 6. The van der Waals surface area contributed by atoms with Crippen LogP contribution < -0.4 is 30.7 Å². The maximum absolute atomic E-state index is 12.6. The molecule has 0 heterocycles. The lowest BCUT2D eigenvalue weighted by molar-refractivity contribution is -0.136. The lowest BCUT2D eigenvalue weighted by Crippen LogP contribution is -2.35. The molecule has 12 nitrogen and oxygen atoms in total. The second kappa shape index (κ2) is 15.5. The summed E-state index contributed by atoms with van der Waals surface area (Å²) < 4.78 is 11.3. The first-order valence-corrected chi connectivity index (χ1v) is 12.4. The summed E-state index contributed by atoms with van der Waals surface area (Å²) in [5, 5.41) is 27.9. The number of aliphatic carboxylic acids is 2. The number of carbonyl (C=O) groups is 4. The van der Waals surface area contributed by atoms with Crippen LogP contribution in [0.3, 0.4) is 0 Å². The van der Waals surface area contributed by atoms with E-state index >= 15 is 0 Å². The van der Waals surface area contributed by atoms with Crippen molar-refractivity contribution in [1.29, 1.82) is 0 Å². The van der Waals surface area contributed by atoms with Crippen molar-refractivity contribution in [2.75, 3.05) is 39.3 Å². The zero-order chi connectivity index (χ0) is 28.7. The van der Waals surface area contributed by atoms with Crippen molar-refractivity contribution in [3.05, 3.63) is 72.8 Å². The van der Waals surface area contributed by atoms with Gasteiger partial charge in [0.25, 0.3) is 0 Å². The van der Waals surface area contributed by atoms with Gasteiger partial charge < -0.3 is 41.0 Å². The Morgan fingerprint density at radius 1 is 0.575 bits per heavy atom. The van der Waals surface area contributed by atoms with E-state index in [1.54, 1.807) is 12.1 Å². The van der Waals surface area contributed by atoms with Gasteiger partial charge in [-0.05, 0) is 23.3 Å². The smallest absolute Gasteiger partial charge is 0.412 e. The highest BCUT2D eigenvalue weighted by Crippen LogP contribution is 2.41. The molecule has 40 heavy (non-hydrogen) atoms. The quantitative estimate of drug-likeness (QED) is 0.164. The maximum Gasteiger partial charge on any atom is 0.412 e. The van der Waals surface area contributed by atoms with E-state index in [0.29, 0.717) is 22.3 Å². The molecule has 0 saturated heterocycles. The fourth-order valence-electron chi connectivity index (χ4n) is 3.58. The molecule has 0 spiro atoms. The summed E-state index contributed by atoms with van der Waals surface area (Å²) in [5.74, 6) is -1.58. The first-order valence-electron chi connectivity index (χ1n) is 12.4.